The van der Waals surface area contributed by atoms with Crippen molar-refractivity contribution in [3.63, 3.8) is 0 Å². The smallest absolute Gasteiger partial charge is 0.295 e. The van der Waals surface area contributed by atoms with Gasteiger partial charge in [0, 0.05) is 16.1 Å². The molecule has 0 N–H and O–H groups in total. The number of benzene rings is 2. The number of carbonyl (C=O) groups excluding carboxylic acids is 1. The van der Waals surface area contributed by atoms with Crippen LogP contribution in [0.2, 0.25) is 5.02 Å². The minimum atomic E-state index is -4.42. The summed E-state index contributed by atoms with van der Waals surface area (Å²) in [6.07, 6.45) is -4.42. The van der Waals surface area contributed by atoms with Gasteiger partial charge in [-0.05, 0) is 30.7 Å². The molecule has 5 heteroatoms. The van der Waals surface area contributed by atoms with Gasteiger partial charge in [0.2, 0.25) is 0 Å². The van der Waals surface area contributed by atoms with Crippen LogP contribution in [-0.2, 0) is 6.18 Å². The lowest BCUT2D eigenvalue weighted by atomic mass is 10.0. The van der Waals surface area contributed by atoms with Crippen LogP contribution in [-0.4, -0.2) is 5.78 Å². The van der Waals surface area contributed by atoms with Gasteiger partial charge in [-0.3, -0.25) is 4.79 Å². The van der Waals surface area contributed by atoms with Crippen molar-refractivity contribution in [2.45, 2.75) is 13.1 Å². The topological polar surface area (TPSA) is 17.1 Å². The molecule has 0 radical (unpaired) electrons. The number of hydrogen-bond donors (Lipinski definition) is 0. The molecule has 1 nitrogen and oxygen atoms in total. The molecule has 2 aromatic carbocycles. The quantitative estimate of drug-likeness (QED) is 0.694. The van der Waals surface area contributed by atoms with E-state index in [-0.39, 0.29) is 16.4 Å². The van der Waals surface area contributed by atoms with Crippen molar-refractivity contribution in [3.05, 3.63) is 58.6 Å². The van der Waals surface area contributed by atoms with Gasteiger partial charge in [0.15, 0.2) is 5.78 Å². The van der Waals surface area contributed by atoms with E-state index in [0.29, 0.717) is 11.1 Å². The molecule has 0 unspecified atom stereocenters. The lowest BCUT2D eigenvalue weighted by molar-refractivity contribution is -0.137. The molecular weight excluding hydrogens is 289 g/mol. The zero-order valence-electron chi connectivity index (χ0n) is 10.5. The lowest BCUT2D eigenvalue weighted by Gasteiger charge is -2.11. The molecule has 0 atom stereocenters. The van der Waals surface area contributed by atoms with Crippen LogP contribution in [0, 0.1) is 0 Å². The predicted molar refractivity (Wildman–Crippen MR) is 71.9 cm³/mol. The molecular formula is C15H10ClF3O. The molecule has 0 aliphatic heterocycles. The van der Waals surface area contributed by atoms with Crippen LogP contribution >= 0.6 is 11.6 Å². The Labute approximate surface area is 119 Å². The molecule has 0 aliphatic rings. The number of hydrogen-bond acceptors (Lipinski definition) is 1. The van der Waals surface area contributed by atoms with Crippen LogP contribution in [0.25, 0.3) is 11.1 Å². The van der Waals surface area contributed by atoms with E-state index in [1.54, 1.807) is 24.3 Å². The molecule has 0 aromatic heterocycles. The average molecular weight is 299 g/mol. The maximum absolute atomic E-state index is 12.7. The van der Waals surface area contributed by atoms with Crippen molar-refractivity contribution in [3.8, 4) is 11.1 Å². The highest BCUT2D eigenvalue weighted by Crippen LogP contribution is 2.35. The summed E-state index contributed by atoms with van der Waals surface area (Å²) in [6.45, 7) is 1.42. The number of rotatable bonds is 2. The monoisotopic (exact) mass is 298 g/mol. The highest BCUT2D eigenvalue weighted by atomic mass is 35.5. The highest BCUT2D eigenvalue weighted by Gasteiger charge is 2.31. The Bertz CT molecular complexity index is 645. The summed E-state index contributed by atoms with van der Waals surface area (Å²) in [6, 6.07) is 9.46. The van der Waals surface area contributed by atoms with Crippen LogP contribution in [0.1, 0.15) is 22.8 Å². The van der Waals surface area contributed by atoms with Crippen LogP contribution < -0.4 is 0 Å². The molecule has 0 amide bonds. The molecule has 0 saturated heterocycles. The molecule has 104 valence electrons. The number of carbonyl (C=O) groups is 1. The molecule has 2 aromatic rings. The lowest BCUT2D eigenvalue weighted by Crippen LogP contribution is -2.04. The predicted octanol–water partition coefficient (Wildman–Crippen LogP) is 5.23. The molecule has 0 aliphatic carbocycles. The molecule has 0 bridgehead atoms. The van der Waals surface area contributed by atoms with Gasteiger partial charge in [-0.25, -0.2) is 0 Å². The number of halogens is 4. The van der Waals surface area contributed by atoms with E-state index in [1.165, 1.54) is 13.0 Å². The molecule has 20 heavy (non-hydrogen) atoms. The van der Waals surface area contributed by atoms with Crippen molar-refractivity contribution < 1.29 is 18.0 Å². The maximum atomic E-state index is 12.7. The maximum Gasteiger partial charge on any atom is 0.416 e. The fourth-order valence-corrected chi connectivity index (χ4v) is 2.03. The largest absolute Gasteiger partial charge is 0.416 e. The average Bonchev–Trinajstić information content (AvgIpc) is 2.38. The Morgan fingerprint density at radius 2 is 1.65 bits per heavy atom. The van der Waals surface area contributed by atoms with E-state index in [4.69, 9.17) is 11.6 Å². The number of alkyl halides is 3. The minimum absolute atomic E-state index is 0.105. The van der Waals surface area contributed by atoms with Crippen LogP contribution in [0.5, 0.6) is 0 Å². The van der Waals surface area contributed by atoms with E-state index >= 15 is 0 Å². The van der Waals surface area contributed by atoms with E-state index in [2.05, 4.69) is 0 Å². The first kappa shape index (κ1) is 14.6. The van der Waals surface area contributed by atoms with Gasteiger partial charge < -0.3 is 0 Å². The van der Waals surface area contributed by atoms with Gasteiger partial charge in [-0.2, -0.15) is 13.2 Å². The zero-order valence-corrected chi connectivity index (χ0v) is 11.2. The molecule has 0 spiro atoms. The SMILES string of the molecule is CC(=O)c1ccc(-c2cc(C(F)(F)F)ccc2Cl)cc1. The first-order chi connectivity index (χ1) is 9.29. The summed E-state index contributed by atoms with van der Waals surface area (Å²) >= 11 is 5.95. The summed E-state index contributed by atoms with van der Waals surface area (Å²) in [7, 11) is 0. The summed E-state index contributed by atoms with van der Waals surface area (Å²) in [5, 5.41) is 0.230. The van der Waals surface area contributed by atoms with Crippen molar-refractivity contribution >= 4 is 17.4 Å². The number of ketones is 1. The van der Waals surface area contributed by atoms with Gasteiger partial charge in [-0.1, -0.05) is 35.9 Å². The van der Waals surface area contributed by atoms with E-state index in [1.807, 2.05) is 0 Å². The van der Waals surface area contributed by atoms with Crippen molar-refractivity contribution in [1.82, 2.24) is 0 Å². The Kier molecular flexibility index (Phi) is 3.86. The summed E-state index contributed by atoms with van der Waals surface area (Å²) in [5.41, 5.74) is 0.562. The van der Waals surface area contributed by atoms with Gasteiger partial charge >= 0.3 is 6.18 Å². The fourth-order valence-electron chi connectivity index (χ4n) is 1.81. The first-order valence-electron chi connectivity index (χ1n) is 5.77. The van der Waals surface area contributed by atoms with Gasteiger partial charge in [0.1, 0.15) is 0 Å². The van der Waals surface area contributed by atoms with Crippen LogP contribution in [0.3, 0.4) is 0 Å². The van der Waals surface area contributed by atoms with Crippen LogP contribution in [0.4, 0.5) is 13.2 Å². The first-order valence-corrected chi connectivity index (χ1v) is 6.15. The van der Waals surface area contributed by atoms with E-state index in [9.17, 15) is 18.0 Å². The summed E-state index contributed by atoms with van der Waals surface area (Å²) < 4.78 is 38.1. The van der Waals surface area contributed by atoms with Crippen molar-refractivity contribution in [2.75, 3.05) is 0 Å². The fraction of sp³-hybridized carbons (Fsp3) is 0.133. The third kappa shape index (κ3) is 3.02. The Balaban J connectivity index is 2.49. The molecule has 0 saturated carbocycles. The molecule has 0 heterocycles. The van der Waals surface area contributed by atoms with E-state index in [0.717, 1.165) is 12.1 Å². The molecule has 0 fully saturated rings. The Morgan fingerprint density at radius 1 is 1.05 bits per heavy atom. The third-order valence-electron chi connectivity index (χ3n) is 2.90. The van der Waals surface area contributed by atoms with Crippen LogP contribution in [0.15, 0.2) is 42.5 Å². The Hall–Kier alpha value is -1.81. The number of Topliss-reactive ketones (excluding diaryl/α,β-unsaturated/α-hetero) is 1. The standard InChI is InChI=1S/C15H10ClF3O/c1-9(20)10-2-4-11(5-3-10)13-8-12(15(17,18)19)6-7-14(13)16/h2-8H,1H3. The summed E-state index contributed by atoms with van der Waals surface area (Å²) in [5.74, 6) is -0.105. The normalized spacial score (nSPS) is 11.4. The van der Waals surface area contributed by atoms with Gasteiger partial charge in [-0.15, -0.1) is 0 Å². The highest BCUT2D eigenvalue weighted by molar-refractivity contribution is 6.33. The second-order valence-corrected chi connectivity index (χ2v) is 4.73. The zero-order chi connectivity index (χ0) is 14.9. The Morgan fingerprint density at radius 3 is 2.15 bits per heavy atom. The molecule has 2 rings (SSSR count). The van der Waals surface area contributed by atoms with Crippen molar-refractivity contribution in [1.29, 1.82) is 0 Å². The van der Waals surface area contributed by atoms with Gasteiger partial charge in [0.25, 0.3) is 0 Å². The van der Waals surface area contributed by atoms with E-state index < -0.39 is 11.7 Å². The minimum Gasteiger partial charge on any atom is -0.295 e. The second kappa shape index (κ2) is 5.29. The van der Waals surface area contributed by atoms with Crippen molar-refractivity contribution in [2.24, 2.45) is 0 Å². The third-order valence-corrected chi connectivity index (χ3v) is 3.23. The second-order valence-electron chi connectivity index (χ2n) is 4.33. The summed E-state index contributed by atoms with van der Waals surface area (Å²) in [4.78, 5) is 11.2. The van der Waals surface area contributed by atoms with Gasteiger partial charge in [0.05, 0.1) is 5.56 Å².